The third kappa shape index (κ3) is 3.13. The average molecular weight is 293 g/mol. The zero-order valence-corrected chi connectivity index (χ0v) is 12.0. The zero-order chi connectivity index (χ0) is 15.4. The van der Waals surface area contributed by atoms with Gasteiger partial charge in [0.1, 0.15) is 11.6 Å². The number of hydrogen-bond acceptors (Lipinski definition) is 3. The molecule has 0 unspecified atom stereocenters. The first-order valence-electron chi connectivity index (χ1n) is 6.51. The number of halogens is 2. The lowest BCUT2D eigenvalue weighted by Gasteiger charge is -2.15. The minimum Gasteiger partial charge on any atom is -0.493 e. The molecule has 0 aliphatic heterocycles. The van der Waals surface area contributed by atoms with Crippen LogP contribution in [0.2, 0.25) is 0 Å². The van der Waals surface area contributed by atoms with Crippen molar-refractivity contribution >= 4 is 0 Å². The van der Waals surface area contributed by atoms with Gasteiger partial charge in [0.2, 0.25) is 0 Å². The Bertz CT molecular complexity index is 644. The van der Waals surface area contributed by atoms with Crippen LogP contribution in [0.4, 0.5) is 8.78 Å². The molecule has 5 heteroatoms. The number of ether oxygens (including phenoxy) is 2. The molecule has 0 heterocycles. The van der Waals surface area contributed by atoms with Crippen molar-refractivity contribution in [2.45, 2.75) is 6.42 Å². The summed E-state index contributed by atoms with van der Waals surface area (Å²) in [5.41, 5.74) is 7.23. The van der Waals surface area contributed by atoms with Gasteiger partial charge in [0.15, 0.2) is 11.5 Å². The fourth-order valence-electron chi connectivity index (χ4n) is 2.24. The highest BCUT2D eigenvalue weighted by Crippen LogP contribution is 2.40. The molecule has 0 aliphatic carbocycles. The van der Waals surface area contributed by atoms with Gasteiger partial charge in [-0.15, -0.1) is 0 Å². The van der Waals surface area contributed by atoms with Gasteiger partial charge in [0, 0.05) is 17.2 Å². The highest BCUT2D eigenvalue weighted by atomic mass is 19.1. The fraction of sp³-hybridized carbons (Fsp3) is 0.250. The molecule has 2 aromatic rings. The van der Waals surface area contributed by atoms with E-state index in [-0.39, 0.29) is 5.56 Å². The zero-order valence-electron chi connectivity index (χ0n) is 12.0. The predicted molar refractivity (Wildman–Crippen MR) is 77.7 cm³/mol. The molecule has 3 nitrogen and oxygen atoms in total. The second-order valence-corrected chi connectivity index (χ2v) is 4.54. The second-order valence-electron chi connectivity index (χ2n) is 4.54. The molecule has 0 radical (unpaired) electrons. The van der Waals surface area contributed by atoms with E-state index in [9.17, 15) is 8.78 Å². The van der Waals surface area contributed by atoms with E-state index in [1.54, 1.807) is 12.1 Å². The Morgan fingerprint density at radius 2 is 1.76 bits per heavy atom. The molecule has 2 rings (SSSR count). The van der Waals surface area contributed by atoms with E-state index in [0.29, 0.717) is 30.0 Å². The second kappa shape index (κ2) is 6.54. The molecule has 0 spiro atoms. The molecule has 0 saturated carbocycles. The van der Waals surface area contributed by atoms with E-state index in [1.807, 2.05) is 0 Å². The molecule has 112 valence electrons. The normalized spacial score (nSPS) is 10.5. The fourth-order valence-corrected chi connectivity index (χ4v) is 2.24. The molecule has 2 aromatic carbocycles. The number of hydrogen-bond donors (Lipinski definition) is 1. The first-order valence-corrected chi connectivity index (χ1v) is 6.51. The number of benzene rings is 2. The number of nitrogens with two attached hydrogens (primary N) is 1. The van der Waals surface area contributed by atoms with Gasteiger partial charge < -0.3 is 15.2 Å². The molecular weight excluding hydrogens is 276 g/mol. The lowest BCUT2D eigenvalue weighted by atomic mass is 9.99. The summed E-state index contributed by atoms with van der Waals surface area (Å²) in [6.45, 7) is 0.459. The van der Waals surface area contributed by atoms with Crippen molar-refractivity contribution in [3.05, 3.63) is 47.5 Å². The van der Waals surface area contributed by atoms with E-state index in [2.05, 4.69) is 0 Å². The van der Waals surface area contributed by atoms with Gasteiger partial charge in [-0.3, -0.25) is 0 Å². The lowest BCUT2D eigenvalue weighted by Crippen LogP contribution is -2.04. The Kier molecular flexibility index (Phi) is 4.75. The van der Waals surface area contributed by atoms with Gasteiger partial charge in [-0.05, 0) is 42.8 Å². The molecule has 0 bridgehead atoms. The molecule has 0 fully saturated rings. The van der Waals surface area contributed by atoms with Crippen LogP contribution in [0, 0.1) is 11.6 Å². The Morgan fingerprint density at radius 1 is 1.00 bits per heavy atom. The largest absolute Gasteiger partial charge is 0.493 e. The van der Waals surface area contributed by atoms with Gasteiger partial charge in [-0.25, -0.2) is 8.78 Å². The summed E-state index contributed by atoms with van der Waals surface area (Å²) in [6.07, 6.45) is 0.621. The molecular formula is C16H17F2NO2. The highest BCUT2D eigenvalue weighted by molar-refractivity contribution is 5.75. The van der Waals surface area contributed by atoms with Crippen LogP contribution >= 0.6 is 0 Å². The Hall–Kier alpha value is -2.14. The standard InChI is InChI=1S/C16H17F2NO2/c1-20-15-8-10(5-6-19)7-13(16(15)21-2)12-4-3-11(17)9-14(12)18/h3-4,7-9H,5-6,19H2,1-2H3. The quantitative estimate of drug-likeness (QED) is 0.921. The van der Waals surface area contributed by atoms with Gasteiger partial charge in [0.05, 0.1) is 14.2 Å². The number of methoxy groups -OCH3 is 2. The van der Waals surface area contributed by atoms with Crippen molar-refractivity contribution in [1.29, 1.82) is 0 Å². The van der Waals surface area contributed by atoms with Crippen molar-refractivity contribution in [3.8, 4) is 22.6 Å². The van der Waals surface area contributed by atoms with Crippen molar-refractivity contribution in [3.63, 3.8) is 0 Å². The molecule has 2 N–H and O–H groups in total. The smallest absolute Gasteiger partial charge is 0.168 e. The topological polar surface area (TPSA) is 44.5 Å². The molecule has 0 saturated heterocycles. The third-order valence-corrected chi connectivity index (χ3v) is 3.19. The first-order chi connectivity index (χ1) is 10.1. The van der Waals surface area contributed by atoms with Gasteiger partial charge in [0.25, 0.3) is 0 Å². The first kappa shape index (κ1) is 15.3. The Morgan fingerprint density at radius 3 is 2.33 bits per heavy atom. The summed E-state index contributed by atoms with van der Waals surface area (Å²) in [7, 11) is 2.99. The third-order valence-electron chi connectivity index (χ3n) is 3.19. The Labute approximate surface area is 122 Å². The minimum atomic E-state index is -0.653. The molecule has 0 amide bonds. The predicted octanol–water partition coefficient (Wildman–Crippen LogP) is 3.15. The van der Waals surface area contributed by atoms with Crippen LogP contribution in [-0.4, -0.2) is 20.8 Å². The summed E-state index contributed by atoms with van der Waals surface area (Å²) in [5, 5.41) is 0. The van der Waals surface area contributed by atoms with E-state index in [0.717, 1.165) is 11.6 Å². The van der Waals surface area contributed by atoms with Crippen LogP contribution in [0.15, 0.2) is 30.3 Å². The SMILES string of the molecule is COc1cc(CCN)cc(-c2ccc(F)cc2F)c1OC. The maximum Gasteiger partial charge on any atom is 0.168 e. The van der Waals surface area contributed by atoms with Crippen LogP contribution in [0.25, 0.3) is 11.1 Å². The molecule has 0 atom stereocenters. The molecule has 0 aromatic heterocycles. The monoisotopic (exact) mass is 293 g/mol. The van der Waals surface area contributed by atoms with Crippen LogP contribution in [0.5, 0.6) is 11.5 Å². The molecule has 21 heavy (non-hydrogen) atoms. The highest BCUT2D eigenvalue weighted by Gasteiger charge is 2.17. The van der Waals surface area contributed by atoms with Crippen molar-refractivity contribution < 1.29 is 18.3 Å². The van der Waals surface area contributed by atoms with Gasteiger partial charge in [-0.1, -0.05) is 0 Å². The summed E-state index contributed by atoms with van der Waals surface area (Å²) in [5.74, 6) is -0.383. The summed E-state index contributed by atoms with van der Waals surface area (Å²) < 4.78 is 37.7. The Balaban J connectivity index is 2.66. The van der Waals surface area contributed by atoms with E-state index in [1.165, 1.54) is 26.4 Å². The van der Waals surface area contributed by atoms with Crippen LogP contribution in [0.3, 0.4) is 0 Å². The van der Waals surface area contributed by atoms with Crippen LogP contribution < -0.4 is 15.2 Å². The van der Waals surface area contributed by atoms with E-state index >= 15 is 0 Å². The maximum absolute atomic E-state index is 14.0. The van der Waals surface area contributed by atoms with Gasteiger partial charge in [-0.2, -0.15) is 0 Å². The summed E-state index contributed by atoms with van der Waals surface area (Å²) in [6, 6.07) is 7.02. The summed E-state index contributed by atoms with van der Waals surface area (Å²) in [4.78, 5) is 0. The van der Waals surface area contributed by atoms with Crippen molar-refractivity contribution in [2.24, 2.45) is 5.73 Å². The van der Waals surface area contributed by atoms with E-state index in [4.69, 9.17) is 15.2 Å². The average Bonchev–Trinajstić information content (AvgIpc) is 2.46. The van der Waals surface area contributed by atoms with Crippen molar-refractivity contribution in [1.82, 2.24) is 0 Å². The maximum atomic E-state index is 14.0. The van der Waals surface area contributed by atoms with E-state index < -0.39 is 11.6 Å². The van der Waals surface area contributed by atoms with Crippen molar-refractivity contribution in [2.75, 3.05) is 20.8 Å². The minimum absolute atomic E-state index is 0.255. The molecule has 0 aliphatic rings. The van der Waals surface area contributed by atoms with Crippen LogP contribution in [-0.2, 0) is 6.42 Å². The van der Waals surface area contributed by atoms with Gasteiger partial charge >= 0.3 is 0 Å². The number of rotatable bonds is 5. The van der Waals surface area contributed by atoms with Crippen LogP contribution in [0.1, 0.15) is 5.56 Å². The lowest BCUT2D eigenvalue weighted by molar-refractivity contribution is 0.355. The summed E-state index contributed by atoms with van der Waals surface area (Å²) >= 11 is 0.